The van der Waals surface area contributed by atoms with Crippen molar-refractivity contribution >= 4 is 21.4 Å². The molecule has 2 atom stereocenters. The van der Waals surface area contributed by atoms with Crippen molar-refractivity contribution in [1.29, 1.82) is 0 Å². The Balaban J connectivity index is 2.05. The lowest BCUT2D eigenvalue weighted by atomic mass is 9.94. The number of hydrogen-bond donors (Lipinski definition) is 1. The lowest BCUT2D eigenvalue weighted by Gasteiger charge is -2.18. The van der Waals surface area contributed by atoms with Gasteiger partial charge in [-0.05, 0) is 36.5 Å². The first-order valence-electron chi connectivity index (χ1n) is 5.77. The van der Waals surface area contributed by atoms with Crippen LogP contribution in [0.5, 0.6) is 0 Å². The molecule has 100 valence electrons. The molecule has 1 heterocycles. The van der Waals surface area contributed by atoms with Crippen molar-refractivity contribution in [2.75, 3.05) is 11.5 Å². The van der Waals surface area contributed by atoms with Gasteiger partial charge in [0.25, 0.3) is 0 Å². The number of nitrogens with two attached hydrogens (primary N) is 1. The molecular weight excluding hydrogens is 277 g/mol. The minimum atomic E-state index is -2.94. The second kappa shape index (κ2) is 5.15. The lowest BCUT2D eigenvalue weighted by Crippen LogP contribution is -2.33. The van der Waals surface area contributed by atoms with Gasteiger partial charge in [0.05, 0.1) is 11.5 Å². The number of benzene rings is 1. The smallest absolute Gasteiger partial charge is 0.150 e. The van der Waals surface area contributed by atoms with E-state index in [0.717, 1.165) is 0 Å². The maximum absolute atomic E-state index is 13.6. The molecule has 0 radical (unpaired) electrons. The van der Waals surface area contributed by atoms with E-state index in [1.54, 1.807) is 12.1 Å². The van der Waals surface area contributed by atoms with Crippen molar-refractivity contribution in [2.45, 2.75) is 18.9 Å². The van der Waals surface area contributed by atoms with Crippen LogP contribution in [0.4, 0.5) is 4.39 Å². The SMILES string of the molecule is NC(Cc1ccc(Cl)cc1F)C1CCS(=O)(=O)C1. The first kappa shape index (κ1) is 13.8. The Labute approximate surface area is 111 Å². The van der Waals surface area contributed by atoms with E-state index in [4.69, 9.17) is 17.3 Å². The maximum Gasteiger partial charge on any atom is 0.150 e. The third kappa shape index (κ3) is 3.22. The van der Waals surface area contributed by atoms with E-state index in [1.165, 1.54) is 6.07 Å². The van der Waals surface area contributed by atoms with Crippen molar-refractivity contribution in [3.8, 4) is 0 Å². The summed E-state index contributed by atoms with van der Waals surface area (Å²) < 4.78 is 36.3. The molecule has 1 fully saturated rings. The molecule has 18 heavy (non-hydrogen) atoms. The summed E-state index contributed by atoms with van der Waals surface area (Å²) in [6.07, 6.45) is 0.905. The van der Waals surface area contributed by atoms with Gasteiger partial charge in [0, 0.05) is 11.1 Å². The average Bonchev–Trinajstić information content (AvgIpc) is 2.63. The quantitative estimate of drug-likeness (QED) is 0.923. The zero-order valence-corrected chi connectivity index (χ0v) is 11.3. The zero-order valence-electron chi connectivity index (χ0n) is 9.77. The zero-order chi connectivity index (χ0) is 13.3. The van der Waals surface area contributed by atoms with Gasteiger partial charge in [0.1, 0.15) is 5.82 Å². The van der Waals surface area contributed by atoms with E-state index in [2.05, 4.69) is 0 Å². The summed E-state index contributed by atoms with van der Waals surface area (Å²) in [5.41, 5.74) is 6.46. The third-order valence-corrected chi connectivity index (χ3v) is 5.37. The molecule has 0 bridgehead atoms. The Morgan fingerprint density at radius 2 is 2.22 bits per heavy atom. The molecule has 2 N–H and O–H groups in total. The summed E-state index contributed by atoms with van der Waals surface area (Å²) in [6.45, 7) is 0. The Kier molecular flexibility index (Phi) is 3.94. The van der Waals surface area contributed by atoms with Gasteiger partial charge in [-0.2, -0.15) is 0 Å². The summed E-state index contributed by atoms with van der Waals surface area (Å²) in [7, 11) is -2.94. The van der Waals surface area contributed by atoms with Crippen molar-refractivity contribution in [2.24, 2.45) is 11.7 Å². The Morgan fingerprint density at radius 1 is 1.50 bits per heavy atom. The highest BCUT2D eigenvalue weighted by Crippen LogP contribution is 2.24. The van der Waals surface area contributed by atoms with Gasteiger partial charge in [-0.25, -0.2) is 12.8 Å². The molecule has 1 saturated heterocycles. The first-order valence-corrected chi connectivity index (χ1v) is 7.97. The molecule has 0 amide bonds. The molecular formula is C12H15ClFNO2S. The van der Waals surface area contributed by atoms with E-state index in [1.807, 2.05) is 0 Å². The lowest BCUT2D eigenvalue weighted by molar-refractivity contribution is 0.453. The average molecular weight is 292 g/mol. The topological polar surface area (TPSA) is 60.2 Å². The van der Waals surface area contributed by atoms with Gasteiger partial charge in [-0.3, -0.25) is 0 Å². The highest BCUT2D eigenvalue weighted by atomic mass is 35.5. The van der Waals surface area contributed by atoms with E-state index < -0.39 is 9.84 Å². The van der Waals surface area contributed by atoms with Crippen LogP contribution in [0.1, 0.15) is 12.0 Å². The molecule has 2 rings (SSSR count). The fraction of sp³-hybridized carbons (Fsp3) is 0.500. The van der Waals surface area contributed by atoms with Crippen molar-refractivity contribution in [3.05, 3.63) is 34.6 Å². The summed E-state index contributed by atoms with van der Waals surface area (Å²) in [5, 5.41) is 0.341. The molecule has 0 aliphatic carbocycles. The highest BCUT2D eigenvalue weighted by Gasteiger charge is 2.32. The predicted octanol–water partition coefficient (Wildman–Crippen LogP) is 1.78. The van der Waals surface area contributed by atoms with Gasteiger partial charge < -0.3 is 5.73 Å². The van der Waals surface area contributed by atoms with E-state index in [9.17, 15) is 12.8 Å². The van der Waals surface area contributed by atoms with E-state index >= 15 is 0 Å². The van der Waals surface area contributed by atoms with Crippen LogP contribution < -0.4 is 5.73 Å². The standard InChI is InChI=1S/C12H15ClFNO2S/c13-10-2-1-8(11(14)6-10)5-12(15)9-3-4-18(16,17)7-9/h1-2,6,9,12H,3-5,7,15H2. The summed E-state index contributed by atoms with van der Waals surface area (Å²) >= 11 is 5.67. The van der Waals surface area contributed by atoms with Crippen LogP contribution in [0.2, 0.25) is 5.02 Å². The van der Waals surface area contributed by atoms with Crippen LogP contribution in [-0.4, -0.2) is 26.0 Å². The van der Waals surface area contributed by atoms with Gasteiger partial charge >= 0.3 is 0 Å². The van der Waals surface area contributed by atoms with Crippen LogP contribution in [0, 0.1) is 11.7 Å². The molecule has 1 aromatic rings. The second-order valence-corrected chi connectivity index (χ2v) is 7.43. The molecule has 1 aliphatic rings. The maximum atomic E-state index is 13.6. The van der Waals surface area contributed by atoms with Gasteiger partial charge in [-0.1, -0.05) is 17.7 Å². The van der Waals surface area contributed by atoms with Gasteiger partial charge in [-0.15, -0.1) is 0 Å². The summed E-state index contributed by atoms with van der Waals surface area (Å²) in [5.74, 6) is -0.165. The Bertz CT molecular complexity index is 547. The van der Waals surface area contributed by atoms with Crippen LogP contribution >= 0.6 is 11.6 Å². The highest BCUT2D eigenvalue weighted by molar-refractivity contribution is 7.91. The molecule has 1 aromatic carbocycles. The number of hydrogen-bond acceptors (Lipinski definition) is 3. The normalized spacial score (nSPS) is 24.1. The molecule has 0 spiro atoms. The molecule has 2 unspecified atom stereocenters. The number of halogens is 2. The van der Waals surface area contributed by atoms with Gasteiger partial charge in [0.15, 0.2) is 9.84 Å². The predicted molar refractivity (Wildman–Crippen MR) is 69.9 cm³/mol. The molecule has 0 aromatic heterocycles. The minimum absolute atomic E-state index is 0.0786. The first-order chi connectivity index (χ1) is 8.37. The summed E-state index contributed by atoms with van der Waals surface area (Å²) in [4.78, 5) is 0. The second-order valence-electron chi connectivity index (χ2n) is 4.77. The molecule has 1 aliphatic heterocycles. The Hall–Kier alpha value is -0.650. The monoisotopic (exact) mass is 291 g/mol. The van der Waals surface area contributed by atoms with Crippen LogP contribution in [0.15, 0.2) is 18.2 Å². The molecule has 0 saturated carbocycles. The minimum Gasteiger partial charge on any atom is -0.327 e. The third-order valence-electron chi connectivity index (χ3n) is 3.34. The number of sulfone groups is 1. The molecule has 6 heteroatoms. The fourth-order valence-corrected chi connectivity index (χ4v) is 4.32. The van der Waals surface area contributed by atoms with Crippen LogP contribution in [0.3, 0.4) is 0 Å². The van der Waals surface area contributed by atoms with E-state index in [0.29, 0.717) is 23.4 Å². The Morgan fingerprint density at radius 3 is 2.78 bits per heavy atom. The summed E-state index contributed by atoms with van der Waals surface area (Å²) in [6, 6.07) is 4.12. The molecule has 3 nitrogen and oxygen atoms in total. The van der Waals surface area contributed by atoms with Crippen molar-refractivity contribution in [3.63, 3.8) is 0 Å². The fourth-order valence-electron chi connectivity index (χ4n) is 2.27. The number of rotatable bonds is 3. The van der Waals surface area contributed by atoms with Crippen LogP contribution in [0.25, 0.3) is 0 Å². The van der Waals surface area contributed by atoms with Crippen molar-refractivity contribution < 1.29 is 12.8 Å². The van der Waals surface area contributed by atoms with E-state index in [-0.39, 0.29) is 29.3 Å². The largest absolute Gasteiger partial charge is 0.327 e. The van der Waals surface area contributed by atoms with Crippen LogP contribution in [-0.2, 0) is 16.3 Å². The van der Waals surface area contributed by atoms with Crippen molar-refractivity contribution in [1.82, 2.24) is 0 Å². The van der Waals surface area contributed by atoms with Gasteiger partial charge in [0.2, 0.25) is 0 Å².